The van der Waals surface area contributed by atoms with E-state index in [1.807, 2.05) is 12.1 Å². The fourth-order valence-corrected chi connectivity index (χ4v) is 4.34. The van der Waals surface area contributed by atoms with E-state index in [1.54, 1.807) is 7.11 Å². The molecule has 1 saturated heterocycles. The van der Waals surface area contributed by atoms with Gasteiger partial charge in [-0.1, -0.05) is 0 Å². The van der Waals surface area contributed by atoms with E-state index >= 15 is 0 Å². The molecule has 0 unspecified atom stereocenters. The van der Waals surface area contributed by atoms with Gasteiger partial charge in [-0.3, -0.25) is 0 Å². The molecule has 0 radical (unpaired) electrons. The third-order valence-electron chi connectivity index (χ3n) is 5.95. The van der Waals surface area contributed by atoms with Crippen LogP contribution in [0.15, 0.2) is 30.3 Å². The van der Waals surface area contributed by atoms with Crippen LogP contribution in [0.2, 0.25) is 0 Å². The van der Waals surface area contributed by atoms with Gasteiger partial charge in [0, 0.05) is 43.3 Å². The first-order valence-corrected chi connectivity index (χ1v) is 9.92. The Labute approximate surface area is 191 Å². The van der Waals surface area contributed by atoms with Crippen LogP contribution in [0.25, 0.3) is 0 Å². The molecule has 2 aromatic rings. The Morgan fingerprint density at radius 1 is 1.07 bits per heavy atom. The number of nitrogens with two attached hydrogens (primary N) is 2. The van der Waals surface area contributed by atoms with Gasteiger partial charge < -0.3 is 26.0 Å². The summed E-state index contributed by atoms with van der Waals surface area (Å²) in [5.74, 6) is 2.56. The molecule has 2 heterocycles. The molecule has 1 aliphatic heterocycles. The third-order valence-corrected chi connectivity index (χ3v) is 5.95. The van der Waals surface area contributed by atoms with Crippen LogP contribution in [-0.4, -0.2) is 48.3 Å². The lowest BCUT2D eigenvalue weighted by atomic mass is 9.78. The van der Waals surface area contributed by atoms with Crippen LogP contribution in [0.4, 0.5) is 17.5 Å². The average Bonchev–Trinajstić information content (AvgIpc) is 2.64. The molecule has 1 aromatic heterocycles. The maximum absolute atomic E-state index is 6.03. The Balaban J connectivity index is 0.00000160. The van der Waals surface area contributed by atoms with Crippen LogP contribution in [-0.2, 0) is 0 Å². The molecule has 0 bridgehead atoms. The monoisotopic (exact) mass is 454 g/mol. The summed E-state index contributed by atoms with van der Waals surface area (Å²) in [4.78, 5) is 13.8. The van der Waals surface area contributed by atoms with Crippen LogP contribution < -0.4 is 26.0 Å². The Bertz CT molecular complexity index is 842. The molecule has 4 rings (SSSR count). The molecule has 2 fully saturated rings. The zero-order valence-electron chi connectivity index (χ0n) is 17.7. The van der Waals surface area contributed by atoms with Gasteiger partial charge in [0.15, 0.2) is 0 Å². The van der Waals surface area contributed by atoms with Crippen molar-refractivity contribution in [1.29, 1.82) is 0 Å². The number of aromatic nitrogens is 2. The minimum atomic E-state index is -0.0501. The third kappa shape index (κ3) is 4.85. The van der Waals surface area contributed by atoms with E-state index in [4.69, 9.17) is 16.2 Å². The first-order chi connectivity index (χ1) is 13.4. The molecule has 7 nitrogen and oxygen atoms in total. The summed E-state index contributed by atoms with van der Waals surface area (Å²) >= 11 is 0. The zero-order chi connectivity index (χ0) is 19.9. The van der Waals surface area contributed by atoms with E-state index in [0.29, 0.717) is 11.9 Å². The fourth-order valence-electron chi connectivity index (χ4n) is 4.34. The molecule has 9 heteroatoms. The number of halogens is 2. The Hall–Kier alpha value is -1.96. The molecule has 30 heavy (non-hydrogen) atoms. The largest absolute Gasteiger partial charge is 0.497 e. The van der Waals surface area contributed by atoms with Crippen LogP contribution in [0.1, 0.15) is 38.3 Å². The normalized spacial score (nSPS) is 22.4. The number of nitrogens with zero attached hydrogens (tertiary/aromatic N) is 4. The first kappa shape index (κ1) is 24.3. The van der Waals surface area contributed by atoms with Crippen LogP contribution >= 0.6 is 24.8 Å². The summed E-state index contributed by atoms with van der Waals surface area (Å²) in [5.41, 5.74) is 14.2. The van der Waals surface area contributed by atoms with Crippen molar-refractivity contribution in [2.75, 3.05) is 42.3 Å². The average molecular weight is 455 g/mol. The highest BCUT2D eigenvalue weighted by atomic mass is 35.5. The van der Waals surface area contributed by atoms with E-state index < -0.39 is 0 Å². The van der Waals surface area contributed by atoms with Crippen molar-refractivity contribution >= 4 is 42.3 Å². The lowest BCUT2D eigenvalue weighted by molar-refractivity contribution is 0.345. The molecule has 2 aliphatic rings. The highest BCUT2D eigenvalue weighted by Crippen LogP contribution is 2.37. The summed E-state index contributed by atoms with van der Waals surface area (Å²) in [5, 5.41) is 0. The molecule has 4 N–H and O–H groups in total. The fraction of sp³-hybridized carbons (Fsp3) is 0.524. The van der Waals surface area contributed by atoms with E-state index in [2.05, 4.69) is 51.8 Å². The summed E-state index contributed by atoms with van der Waals surface area (Å²) in [6.07, 6.45) is 1.96. The van der Waals surface area contributed by atoms with Gasteiger partial charge in [-0.15, -0.1) is 24.8 Å². The van der Waals surface area contributed by atoms with Crippen LogP contribution in [0.5, 0.6) is 5.75 Å². The predicted octanol–water partition coefficient (Wildman–Crippen LogP) is 3.22. The standard InChI is InChI=1S/C21H30N6O.2ClH/c1-21(2)13-26(8-9-27(21)16-4-6-17(28-3)7-5-16)19-12-18(24-20(23)25-19)14-10-15(22)11-14;;/h4-7,12,14-15H,8-11,13,22H2,1-3H3,(H2,23,24,25);2*1H. The number of benzene rings is 1. The summed E-state index contributed by atoms with van der Waals surface area (Å²) < 4.78 is 5.29. The Morgan fingerprint density at radius 2 is 1.73 bits per heavy atom. The highest BCUT2D eigenvalue weighted by molar-refractivity contribution is 5.85. The van der Waals surface area contributed by atoms with E-state index in [0.717, 1.165) is 49.7 Å². The van der Waals surface area contributed by atoms with Crippen molar-refractivity contribution in [2.24, 2.45) is 5.73 Å². The zero-order valence-corrected chi connectivity index (χ0v) is 19.4. The quantitative estimate of drug-likeness (QED) is 0.731. The lowest BCUT2D eigenvalue weighted by Gasteiger charge is -2.49. The Kier molecular flexibility index (Phi) is 7.66. The van der Waals surface area contributed by atoms with Crippen molar-refractivity contribution in [3.8, 4) is 5.75 Å². The second kappa shape index (κ2) is 9.45. The minimum absolute atomic E-state index is 0. The number of rotatable bonds is 4. The van der Waals surface area contributed by atoms with Crippen molar-refractivity contribution in [2.45, 2.75) is 44.2 Å². The molecule has 1 aromatic carbocycles. The molecular weight excluding hydrogens is 423 g/mol. The van der Waals surface area contributed by atoms with Gasteiger partial charge >= 0.3 is 0 Å². The minimum Gasteiger partial charge on any atom is -0.497 e. The van der Waals surface area contributed by atoms with Gasteiger partial charge in [-0.05, 0) is 51.0 Å². The lowest BCUT2D eigenvalue weighted by Crippen LogP contribution is -2.60. The van der Waals surface area contributed by atoms with E-state index in [9.17, 15) is 0 Å². The number of ether oxygens (including phenoxy) is 1. The first-order valence-electron chi connectivity index (χ1n) is 9.92. The van der Waals surface area contributed by atoms with Crippen molar-refractivity contribution in [3.05, 3.63) is 36.0 Å². The maximum atomic E-state index is 6.03. The molecule has 0 atom stereocenters. The van der Waals surface area contributed by atoms with Crippen molar-refractivity contribution < 1.29 is 4.74 Å². The molecule has 0 spiro atoms. The predicted molar refractivity (Wildman–Crippen MR) is 128 cm³/mol. The number of hydrogen-bond acceptors (Lipinski definition) is 7. The van der Waals surface area contributed by atoms with Crippen LogP contribution in [0, 0.1) is 0 Å². The van der Waals surface area contributed by atoms with Gasteiger partial charge in [-0.25, -0.2) is 4.98 Å². The van der Waals surface area contributed by atoms with Gasteiger partial charge in [0.1, 0.15) is 11.6 Å². The van der Waals surface area contributed by atoms with Crippen molar-refractivity contribution in [3.63, 3.8) is 0 Å². The van der Waals surface area contributed by atoms with Gasteiger partial charge in [0.2, 0.25) is 5.95 Å². The number of methoxy groups -OCH3 is 1. The van der Waals surface area contributed by atoms with E-state index in [-0.39, 0.29) is 36.4 Å². The van der Waals surface area contributed by atoms with Gasteiger partial charge in [0.25, 0.3) is 0 Å². The summed E-state index contributed by atoms with van der Waals surface area (Å²) in [7, 11) is 1.69. The number of piperazine rings is 1. The Morgan fingerprint density at radius 3 is 2.30 bits per heavy atom. The summed E-state index contributed by atoms with van der Waals surface area (Å²) in [6.45, 7) is 7.18. The maximum Gasteiger partial charge on any atom is 0.222 e. The second-order valence-electron chi connectivity index (χ2n) is 8.52. The van der Waals surface area contributed by atoms with Gasteiger partial charge in [-0.2, -0.15) is 4.98 Å². The van der Waals surface area contributed by atoms with Gasteiger partial charge in [0.05, 0.1) is 18.3 Å². The SMILES string of the molecule is COc1ccc(N2CCN(c3cc(C4CC(N)C4)nc(N)n3)CC2(C)C)cc1.Cl.Cl. The smallest absolute Gasteiger partial charge is 0.222 e. The molecule has 1 saturated carbocycles. The molecule has 0 amide bonds. The van der Waals surface area contributed by atoms with E-state index in [1.165, 1.54) is 5.69 Å². The molecule has 1 aliphatic carbocycles. The molecular formula is C21H32Cl2N6O. The highest BCUT2D eigenvalue weighted by Gasteiger charge is 2.35. The number of hydrogen-bond donors (Lipinski definition) is 2. The molecule has 166 valence electrons. The number of nitrogen functional groups attached to an aromatic ring is 1. The summed E-state index contributed by atoms with van der Waals surface area (Å²) in [6, 6.07) is 10.7. The van der Waals surface area contributed by atoms with Crippen molar-refractivity contribution in [1.82, 2.24) is 9.97 Å². The topological polar surface area (TPSA) is 93.5 Å². The van der Waals surface area contributed by atoms with Crippen LogP contribution in [0.3, 0.4) is 0 Å². The number of anilines is 3. The second-order valence-corrected chi connectivity index (χ2v) is 8.52.